The van der Waals surface area contributed by atoms with Gasteiger partial charge in [0, 0.05) is 18.0 Å². The Labute approximate surface area is 159 Å². The van der Waals surface area contributed by atoms with E-state index in [-0.39, 0.29) is 9.90 Å². The minimum Gasteiger partial charge on any atom is -0.504 e. The Morgan fingerprint density at radius 3 is 2.36 bits per heavy atom. The number of aromatic hydroxyl groups is 1. The van der Waals surface area contributed by atoms with E-state index < -0.39 is 27.3 Å². The molecule has 3 N–H and O–H groups in total. The third-order valence-electron chi connectivity index (χ3n) is 3.39. The molecule has 0 saturated heterocycles. The third-order valence-corrected chi connectivity index (χ3v) is 8.17. The molecule has 2 rings (SSSR count). The molecule has 0 fully saturated rings. The fourth-order valence-corrected chi connectivity index (χ4v) is 5.49. The van der Waals surface area contributed by atoms with Crippen LogP contribution in [0.3, 0.4) is 0 Å². The van der Waals surface area contributed by atoms with E-state index in [2.05, 4.69) is 10.6 Å². The van der Waals surface area contributed by atoms with Crippen LogP contribution in [0.5, 0.6) is 5.75 Å². The summed E-state index contributed by atoms with van der Waals surface area (Å²) in [6.45, 7) is 5.23. The van der Waals surface area contributed by atoms with Crippen molar-refractivity contribution in [2.75, 3.05) is 17.7 Å². The van der Waals surface area contributed by atoms with Crippen LogP contribution < -0.4 is 10.6 Å². The quantitative estimate of drug-likeness (QED) is 0.685. The summed E-state index contributed by atoms with van der Waals surface area (Å²) in [5.41, 5.74) is -0.218. The van der Waals surface area contributed by atoms with Crippen molar-refractivity contribution in [3.8, 4) is 5.75 Å². The number of hydrogen-bond donors (Lipinski definition) is 3. The van der Waals surface area contributed by atoms with Gasteiger partial charge >= 0.3 is 6.03 Å². The molecule has 0 unspecified atom stereocenters. The molecule has 2 amide bonds. The molecule has 0 aliphatic carbocycles. The second-order valence-electron chi connectivity index (χ2n) is 6.12. The normalized spacial score (nSPS) is 12.4. The van der Waals surface area contributed by atoms with E-state index in [1.54, 1.807) is 32.2 Å². The fourth-order valence-electron chi connectivity index (χ4n) is 1.75. The second-order valence-corrected chi connectivity index (χ2v) is 10.7. The predicted octanol–water partition coefficient (Wildman–Crippen LogP) is 4.23. The number of nitrogens with zero attached hydrogens (tertiary/aromatic N) is 1. The van der Waals surface area contributed by atoms with Crippen molar-refractivity contribution in [1.29, 1.82) is 0 Å². The predicted molar refractivity (Wildman–Crippen MR) is 103 cm³/mol. The molecule has 2 heterocycles. The molecule has 7 nitrogen and oxygen atoms in total. The van der Waals surface area contributed by atoms with Gasteiger partial charge in [-0.1, -0.05) is 11.6 Å². The summed E-state index contributed by atoms with van der Waals surface area (Å²) in [5, 5.41) is 18.3. The maximum atomic E-state index is 12.6. The van der Waals surface area contributed by atoms with Gasteiger partial charge in [0.05, 0.1) is 11.4 Å². The summed E-state index contributed by atoms with van der Waals surface area (Å²) < 4.78 is 26.6. The van der Waals surface area contributed by atoms with Crippen molar-refractivity contribution < 1.29 is 18.3 Å². The van der Waals surface area contributed by atoms with Gasteiger partial charge in [0.2, 0.25) is 0 Å². The molecular formula is C14H18ClN3O4S3. The van der Waals surface area contributed by atoms with E-state index >= 15 is 0 Å². The summed E-state index contributed by atoms with van der Waals surface area (Å²) in [4.78, 5) is 12.0. The number of amides is 2. The molecule has 0 aromatic carbocycles. The lowest BCUT2D eigenvalue weighted by Crippen LogP contribution is -2.42. The Morgan fingerprint density at radius 1 is 1.24 bits per heavy atom. The molecule has 0 spiro atoms. The van der Waals surface area contributed by atoms with Crippen LogP contribution in [0.1, 0.15) is 20.8 Å². The highest BCUT2D eigenvalue weighted by Crippen LogP contribution is 2.40. The monoisotopic (exact) mass is 423 g/mol. The average molecular weight is 424 g/mol. The second kappa shape index (κ2) is 7.12. The lowest BCUT2D eigenvalue weighted by Gasteiger charge is -2.30. The summed E-state index contributed by atoms with van der Waals surface area (Å²) in [5.74, 6) is -0.493. The van der Waals surface area contributed by atoms with E-state index in [0.717, 1.165) is 11.3 Å². The van der Waals surface area contributed by atoms with Gasteiger partial charge in [-0.2, -0.15) is 4.31 Å². The van der Waals surface area contributed by atoms with Gasteiger partial charge < -0.3 is 15.7 Å². The van der Waals surface area contributed by atoms with Crippen molar-refractivity contribution >= 4 is 61.7 Å². The molecule has 2 aromatic heterocycles. The smallest absolute Gasteiger partial charge is 0.323 e. The molecule has 2 aromatic rings. The van der Waals surface area contributed by atoms with Gasteiger partial charge in [-0.05, 0) is 32.2 Å². The number of halogens is 1. The lowest BCUT2D eigenvalue weighted by atomic mass is 10.1. The van der Waals surface area contributed by atoms with Crippen molar-refractivity contribution in [3.63, 3.8) is 0 Å². The van der Waals surface area contributed by atoms with Crippen molar-refractivity contribution in [2.45, 2.75) is 30.5 Å². The largest absolute Gasteiger partial charge is 0.504 e. The van der Waals surface area contributed by atoms with E-state index in [4.69, 9.17) is 11.6 Å². The Kier molecular flexibility index (Phi) is 5.69. The Balaban J connectivity index is 2.21. The van der Waals surface area contributed by atoms with Crippen LogP contribution in [-0.4, -0.2) is 36.4 Å². The van der Waals surface area contributed by atoms with Gasteiger partial charge in [0.15, 0.2) is 9.96 Å². The first-order valence-corrected chi connectivity index (χ1v) is 10.6. The van der Waals surface area contributed by atoms with Crippen molar-refractivity contribution in [3.05, 3.63) is 21.2 Å². The first kappa shape index (κ1) is 20.0. The van der Waals surface area contributed by atoms with Crippen molar-refractivity contribution in [2.24, 2.45) is 0 Å². The van der Waals surface area contributed by atoms with Gasteiger partial charge in [-0.3, -0.25) is 0 Å². The molecule has 0 radical (unpaired) electrons. The van der Waals surface area contributed by atoms with Crippen LogP contribution in [0.15, 0.2) is 21.0 Å². The number of hydrogen-bond acceptors (Lipinski definition) is 6. The number of nitrogens with one attached hydrogen (secondary N) is 2. The van der Waals surface area contributed by atoms with E-state index in [1.807, 2.05) is 0 Å². The summed E-state index contributed by atoms with van der Waals surface area (Å²) >= 11 is 8.00. The minimum absolute atomic E-state index is 0.00902. The van der Waals surface area contributed by atoms with Gasteiger partial charge in [0.1, 0.15) is 4.34 Å². The van der Waals surface area contributed by atoms with Crippen molar-refractivity contribution in [1.82, 2.24) is 4.31 Å². The Bertz CT molecular complexity index is 884. The molecule has 138 valence electrons. The maximum Gasteiger partial charge on any atom is 0.323 e. The molecule has 0 aliphatic heterocycles. The number of rotatable bonds is 4. The lowest BCUT2D eigenvalue weighted by molar-refractivity contribution is 0.262. The third kappa shape index (κ3) is 4.26. The maximum absolute atomic E-state index is 12.6. The van der Waals surface area contributed by atoms with Crippen LogP contribution in [0.2, 0.25) is 4.34 Å². The molecule has 11 heteroatoms. The van der Waals surface area contributed by atoms with Gasteiger partial charge in [-0.25, -0.2) is 13.2 Å². The SMILES string of the molecule is CN(C(C)(C)C)S(=O)(=O)c1scc(NC(=O)Nc2ccsc2Cl)c1O. The van der Waals surface area contributed by atoms with Gasteiger partial charge in [0.25, 0.3) is 10.0 Å². The van der Waals surface area contributed by atoms with Crippen LogP contribution in [0, 0.1) is 0 Å². The van der Waals surface area contributed by atoms with Gasteiger partial charge in [-0.15, -0.1) is 22.7 Å². The summed E-state index contributed by atoms with van der Waals surface area (Å²) in [7, 11) is -2.45. The fraction of sp³-hybridized carbons (Fsp3) is 0.357. The number of urea groups is 1. The first-order valence-electron chi connectivity index (χ1n) is 7.05. The standard InChI is InChI=1S/C14H18ClN3O4S3/c1-14(2,3)18(4)25(21,22)12-10(19)9(7-24-12)17-13(20)16-8-5-6-23-11(8)15/h5-7,19H,1-4H3,(H2,16,17,20). The Hall–Kier alpha value is -1.33. The highest BCUT2D eigenvalue weighted by atomic mass is 35.5. The Morgan fingerprint density at radius 2 is 1.84 bits per heavy atom. The average Bonchev–Trinajstić information content (AvgIpc) is 3.05. The zero-order chi connectivity index (χ0) is 19.0. The molecular weight excluding hydrogens is 406 g/mol. The molecule has 0 saturated carbocycles. The number of sulfonamides is 1. The van der Waals surface area contributed by atoms with Crippen LogP contribution >= 0.6 is 34.3 Å². The number of anilines is 2. The topological polar surface area (TPSA) is 98.7 Å². The minimum atomic E-state index is -3.89. The number of thiophene rings is 2. The highest BCUT2D eigenvalue weighted by molar-refractivity contribution is 7.91. The first-order chi connectivity index (χ1) is 11.4. The van der Waals surface area contributed by atoms with E-state index in [9.17, 15) is 18.3 Å². The molecule has 0 bridgehead atoms. The molecule has 0 aliphatic rings. The van der Waals surface area contributed by atoms with Crippen LogP contribution in [-0.2, 0) is 10.0 Å². The number of carbonyl (C=O) groups excluding carboxylic acids is 1. The highest BCUT2D eigenvalue weighted by Gasteiger charge is 2.34. The summed E-state index contributed by atoms with van der Waals surface area (Å²) in [6, 6.07) is 0.996. The van der Waals surface area contributed by atoms with E-state index in [1.165, 1.54) is 28.1 Å². The van der Waals surface area contributed by atoms with E-state index in [0.29, 0.717) is 10.0 Å². The number of carbonyl (C=O) groups is 1. The zero-order valence-corrected chi connectivity index (χ0v) is 17.2. The molecule has 0 atom stereocenters. The van der Waals surface area contributed by atoms with Crippen LogP contribution in [0.4, 0.5) is 16.2 Å². The summed E-state index contributed by atoms with van der Waals surface area (Å²) in [6.07, 6.45) is 0. The van der Waals surface area contributed by atoms with Crippen LogP contribution in [0.25, 0.3) is 0 Å². The zero-order valence-electron chi connectivity index (χ0n) is 14.0. The molecule has 25 heavy (non-hydrogen) atoms.